The maximum absolute atomic E-state index is 11.7. The lowest BCUT2D eigenvalue weighted by Gasteiger charge is -2.26. The number of carbonyl (C=O) groups is 1. The molecule has 0 atom stereocenters. The molecule has 1 heterocycles. The molecule has 0 radical (unpaired) electrons. The third kappa shape index (κ3) is 4.41. The van der Waals surface area contributed by atoms with Crippen molar-refractivity contribution in [3.05, 3.63) is 35.9 Å². The number of nitrogens with one attached hydrogen (secondary N) is 1. The molecular weight excluding hydrogens is 240 g/mol. The summed E-state index contributed by atoms with van der Waals surface area (Å²) in [6, 6.07) is 7.59. The number of hydrogen-bond donors (Lipinski definition) is 1. The molecule has 1 fully saturated rings. The van der Waals surface area contributed by atoms with Gasteiger partial charge in [0.05, 0.1) is 7.11 Å². The second kappa shape index (κ2) is 6.95. The number of benzene rings is 1. The fourth-order valence-corrected chi connectivity index (χ4v) is 2.09. The Labute approximate surface area is 114 Å². The van der Waals surface area contributed by atoms with Gasteiger partial charge in [0.15, 0.2) is 0 Å². The molecule has 19 heavy (non-hydrogen) atoms. The Balaban J connectivity index is 1.84. The summed E-state index contributed by atoms with van der Waals surface area (Å²) in [5, 5.41) is 1.99. The number of amides is 1. The maximum atomic E-state index is 11.7. The Morgan fingerprint density at radius 2 is 1.89 bits per heavy atom. The van der Waals surface area contributed by atoms with Crippen molar-refractivity contribution in [2.45, 2.75) is 19.3 Å². The fraction of sp³-hybridized carbons (Fsp3) is 0.400. The van der Waals surface area contributed by atoms with Gasteiger partial charge in [0.1, 0.15) is 5.75 Å². The zero-order valence-corrected chi connectivity index (χ0v) is 11.3. The van der Waals surface area contributed by atoms with Crippen LogP contribution in [0.4, 0.5) is 0 Å². The van der Waals surface area contributed by atoms with Crippen molar-refractivity contribution in [3.63, 3.8) is 0 Å². The summed E-state index contributed by atoms with van der Waals surface area (Å²) in [6.07, 6.45) is 6.94. The van der Waals surface area contributed by atoms with Crippen molar-refractivity contribution in [1.29, 1.82) is 0 Å². The first-order valence-corrected chi connectivity index (χ1v) is 6.65. The zero-order valence-electron chi connectivity index (χ0n) is 11.3. The summed E-state index contributed by atoms with van der Waals surface area (Å²) >= 11 is 0. The van der Waals surface area contributed by atoms with E-state index in [0.717, 1.165) is 37.2 Å². The molecule has 0 aliphatic carbocycles. The summed E-state index contributed by atoms with van der Waals surface area (Å²) in [4.78, 5) is 11.7. The van der Waals surface area contributed by atoms with E-state index in [0.29, 0.717) is 0 Å². The topological polar surface area (TPSA) is 41.6 Å². The van der Waals surface area contributed by atoms with Crippen LogP contribution >= 0.6 is 0 Å². The van der Waals surface area contributed by atoms with E-state index in [-0.39, 0.29) is 5.91 Å². The van der Waals surface area contributed by atoms with E-state index in [4.69, 9.17) is 4.74 Å². The van der Waals surface area contributed by atoms with E-state index in [2.05, 4.69) is 5.43 Å². The highest BCUT2D eigenvalue weighted by atomic mass is 16.5. The average Bonchev–Trinajstić information content (AvgIpc) is 2.47. The monoisotopic (exact) mass is 260 g/mol. The summed E-state index contributed by atoms with van der Waals surface area (Å²) < 4.78 is 5.09. The van der Waals surface area contributed by atoms with Gasteiger partial charge in [-0.25, -0.2) is 5.01 Å². The zero-order chi connectivity index (χ0) is 13.5. The number of hydrazine groups is 1. The Bertz CT molecular complexity index is 434. The number of nitrogens with zero attached hydrogens (tertiary/aromatic N) is 1. The predicted molar refractivity (Wildman–Crippen MR) is 75.6 cm³/mol. The van der Waals surface area contributed by atoms with Gasteiger partial charge in [-0.2, -0.15) is 0 Å². The van der Waals surface area contributed by atoms with Crippen molar-refractivity contribution in [3.8, 4) is 5.75 Å². The van der Waals surface area contributed by atoms with Crippen LogP contribution in [-0.2, 0) is 4.79 Å². The van der Waals surface area contributed by atoms with Gasteiger partial charge in [-0.1, -0.05) is 18.6 Å². The third-order valence-corrected chi connectivity index (χ3v) is 3.17. The van der Waals surface area contributed by atoms with Crippen LogP contribution in [0.3, 0.4) is 0 Å². The number of ether oxygens (including phenoxy) is 1. The van der Waals surface area contributed by atoms with E-state index in [1.54, 1.807) is 19.3 Å². The predicted octanol–water partition coefficient (Wildman–Crippen LogP) is 2.23. The van der Waals surface area contributed by atoms with E-state index in [1.165, 1.54) is 6.42 Å². The van der Waals surface area contributed by atoms with E-state index in [1.807, 2.05) is 29.3 Å². The Morgan fingerprint density at radius 1 is 1.21 bits per heavy atom. The van der Waals surface area contributed by atoms with Gasteiger partial charge in [-0.3, -0.25) is 10.2 Å². The molecule has 1 aromatic rings. The molecule has 1 aliphatic rings. The second-order valence-electron chi connectivity index (χ2n) is 4.63. The molecule has 1 saturated heterocycles. The number of piperidine rings is 1. The van der Waals surface area contributed by atoms with Crippen LogP contribution < -0.4 is 10.2 Å². The van der Waals surface area contributed by atoms with Crippen molar-refractivity contribution in [1.82, 2.24) is 10.4 Å². The van der Waals surface area contributed by atoms with Crippen LogP contribution in [0.25, 0.3) is 6.08 Å². The summed E-state index contributed by atoms with van der Waals surface area (Å²) in [5.41, 5.74) is 3.88. The molecule has 4 nitrogen and oxygen atoms in total. The largest absolute Gasteiger partial charge is 0.497 e. The van der Waals surface area contributed by atoms with Crippen LogP contribution in [0.1, 0.15) is 24.8 Å². The molecule has 0 saturated carbocycles. The van der Waals surface area contributed by atoms with E-state index in [9.17, 15) is 4.79 Å². The van der Waals surface area contributed by atoms with Crippen LogP contribution in [-0.4, -0.2) is 31.1 Å². The Morgan fingerprint density at radius 3 is 2.53 bits per heavy atom. The first kappa shape index (κ1) is 13.6. The van der Waals surface area contributed by atoms with Crippen molar-refractivity contribution < 1.29 is 9.53 Å². The Hall–Kier alpha value is -1.81. The molecule has 1 aromatic carbocycles. The summed E-state index contributed by atoms with van der Waals surface area (Å²) in [7, 11) is 1.64. The minimum absolute atomic E-state index is 0.0716. The number of carbonyl (C=O) groups excluding carboxylic acids is 1. The van der Waals surface area contributed by atoms with Gasteiger partial charge in [0.2, 0.25) is 0 Å². The lowest BCUT2D eigenvalue weighted by atomic mass is 10.2. The smallest absolute Gasteiger partial charge is 0.258 e. The van der Waals surface area contributed by atoms with Crippen molar-refractivity contribution in [2.24, 2.45) is 0 Å². The molecule has 1 amide bonds. The molecule has 1 N–H and O–H groups in total. The molecule has 0 spiro atoms. The molecule has 0 bridgehead atoms. The number of hydrogen-bond acceptors (Lipinski definition) is 3. The highest BCUT2D eigenvalue weighted by Gasteiger charge is 2.10. The minimum Gasteiger partial charge on any atom is -0.497 e. The maximum Gasteiger partial charge on any atom is 0.258 e. The first-order chi connectivity index (χ1) is 9.28. The number of rotatable bonds is 4. The van der Waals surface area contributed by atoms with Gasteiger partial charge in [-0.05, 0) is 36.6 Å². The van der Waals surface area contributed by atoms with E-state index >= 15 is 0 Å². The molecule has 0 unspecified atom stereocenters. The minimum atomic E-state index is -0.0716. The van der Waals surface area contributed by atoms with Gasteiger partial charge >= 0.3 is 0 Å². The van der Waals surface area contributed by atoms with Crippen molar-refractivity contribution >= 4 is 12.0 Å². The lowest BCUT2D eigenvalue weighted by molar-refractivity contribution is -0.121. The molecule has 0 aromatic heterocycles. The Kier molecular flexibility index (Phi) is 4.98. The lowest BCUT2D eigenvalue weighted by Crippen LogP contribution is -2.44. The average molecular weight is 260 g/mol. The third-order valence-electron chi connectivity index (χ3n) is 3.17. The first-order valence-electron chi connectivity index (χ1n) is 6.65. The summed E-state index contributed by atoms with van der Waals surface area (Å²) in [5.74, 6) is 0.743. The highest BCUT2D eigenvalue weighted by molar-refractivity contribution is 5.91. The van der Waals surface area contributed by atoms with Crippen LogP contribution in [0.15, 0.2) is 30.3 Å². The van der Waals surface area contributed by atoms with Gasteiger partial charge in [0.25, 0.3) is 5.91 Å². The number of methoxy groups -OCH3 is 1. The van der Waals surface area contributed by atoms with Gasteiger partial charge in [-0.15, -0.1) is 0 Å². The molecular formula is C15H20N2O2. The van der Waals surface area contributed by atoms with Gasteiger partial charge < -0.3 is 4.74 Å². The summed E-state index contributed by atoms with van der Waals surface area (Å²) in [6.45, 7) is 1.89. The normalized spacial score (nSPS) is 16.5. The van der Waals surface area contributed by atoms with Crippen LogP contribution in [0.5, 0.6) is 5.75 Å². The highest BCUT2D eigenvalue weighted by Crippen LogP contribution is 2.12. The van der Waals surface area contributed by atoms with Crippen LogP contribution in [0.2, 0.25) is 0 Å². The molecule has 4 heteroatoms. The van der Waals surface area contributed by atoms with Gasteiger partial charge in [0, 0.05) is 19.2 Å². The quantitative estimate of drug-likeness (QED) is 0.844. The molecule has 1 aliphatic heterocycles. The standard InChI is InChI=1S/C15H20N2O2/c1-19-14-8-5-13(6-9-14)7-10-15(18)16-17-11-3-2-4-12-17/h5-10H,2-4,11-12H2,1H3,(H,16,18)/b10-7+. The molecule has 102 valence electrons. The van der Waals surface area contributed by atoms with Crippen LogP contribution in [0, 0.1) is 0 Å². The fourth-order valence-electron chi connectivity index (χ4n) is 2.09. The SMILES string of the molecule is COc1ccc(/C=C/C(=O)NN2CCCCC2)cc1. The van der Waals surface area contributed by atoms with E-state index < -0.39 is 0 Å². The second-order valence-corrected chi connectivity index (χ2v) is 4.63. The molecule has 2 rings (SSSR count). The van der Waals surface area contributed by atoms with Crippen molar-refractivity contribution in [2.75, 3.05) is 20.2 Å².